The van der Waals surface area contributed by atoms with E-state index in [4.69, 9.17) is 4.74 Å². The van der Waals surface area contributed by atoms with Crippen molar-refractivity contribution in [3.63, 3.8) is 0 Å². The van der Waals surface area contributed by atoms with Crippen molar-refractivity contribution < 1.29 is 9.84 Å². The number of nitrogens with one attached hydrogen (secondary N) is 2. The average molecular weight is 393 g/mol. The fourth-order valence-electron chi connectivity index (χ4n) is 2.90. The average Bonchev–Trinajstić information content (AvgIpc) is 2.68. The molecule has 0 heterocycles. The molecule has 6 nitrogen and oxygen atoms in total. The highest BCUT2D eigenvalue weighted by atomic mass is 16.5. The number of nitrogens with zero attached hydrogens (tertiary/aromatic N) is 2. The molecule has 0 aliphatic carbocycles. The zero-order chi connectivity index (χ0) is 20.8. The summed E-state index contributed by atoms with van der Waals surface area (Å²) >= 11 is 0. The van der Waals surface area contributed by atoms with Crippen molar-refractivity contribution in [3.8, 4) is 5.75 Å². The maximum Gasteiger partial charge on any atom is 0.191 e. The van der Waals surface area contributed by atoms with E-state index in [2.05, 4.69) is 34.4 Å². The van der Waals surface area contributed by atoms with E-state index in [1.807, 2.05) is 45.0 Å². The molecule has 1 aromatic rings. The highest BCUT2D eigenvalue weighted by molar-refractivity contribution is 5.79. The lowest BCUT2D eigenvalue weighted by molar-refractivity contribution is 0.185. The first-order valence-corrected chi connectivity index (χ1v) is 10.7. The zero-order valence-corrected chi connectivity index (χ0v) is 18.4. The lowest BCUT2D eigenvalue weighted by Crippen LogP contribution is -2.38. The van der Waals surface area contributed by atoms with E-state index in [1.165, 1.54) is 6.42 Å². The number of rotatable bonds is 13. The third kappa shape index (κ3) is 9.95. The van der Waals surface area contributed by atoms with Crippen LogP contribution in [0, 0.1) is 0 Å². The van der Waals surface area contributed by atoms with Crippen molar-refractivity contribution in [1.29, 1.82) is 0 Å². The van der Waals surface area contributed by atoms with Gasteiger partial charge < -0.3 is 25.4 Å². The molecule has 160 valence electrons. The number of guanidine groups is 1. The molecule has 1 atom stereocenters. The molecule has 0 saturated heterocycles. The number of hydrogen-bond acceptors (Lipinski definition) is 4. The molecule has 0 amide bonds. The predicted octanol–water partition coefficient (Wildman–Crippen LogP) is 3.18. The molecule has 1 unspecified atom stereocenters. The van der Waals surface area contributed by atoms with Gasteiger partial charge in [-0.05, 0) is 70.9 Å². The van der Waals surface area contributed by atoms with E-state index in [0.717, 1.165) is 56.4 Å². The summed E-state index contributed by atoms with van der Waals surface area (Å²) in [7, 11) is 0. The Kier molecular flexibility index (Phi) is 12.3. The molecule has 0 radical (unpaired) electrons. The van der Waals surface area contributed by atoms with Crippen molar-refractivity contribution in [2.45, 2.75) is 59.7 Å². The van der Waals surface area contributed by atoms with Gasteiger partial charge in [0.25, 0.3) is 0 Å². The lowest BCUT2D eigenvalue weighted by Gasteiger charge is -2.18. The van der Waals surface area contributed by atoms with E-state index in [1.54, 1.807) is 0 Å². The van der Waals surface area contributed by atoms with Crippen LogP contribution in [0.15, 0.2) is 29.3 Å². The van der Waals surface area contributed by atoms with Crippen LogP contribution in [0.25, 0.3) is 0 Å². The van der Waals surface area contributed by atoms with Crippen molar-refractivity contribution in [2.75, 3.05) is 39.3 Å². The molecule has 6 heteroatoms. The summed E-state index contributed by atoms with van der Waals surface area (Å²) in [6.07, 6.45) is 1.71. The van der Waals surface area contributed by atoms with Gasteiger partial charge in [0.15, 0.2) is 5.96 Å². The predicted molar refractivity (Wildman–Crippen MR) is 118 cm³/mol. The molecule has 1 rings (SSSR count). The van der Waals surface area contributed by atoms with Crippen LogP contribution in [0.1, 0.15) is 59.1 Å². The van der Waals surface area contributed by atoms with Crippen LogP contribution >= 0.6 is 0 Å². The Balaban J connectivity index is 2.50. The quantitative estimate of drug-likeness (QED) is 0.273. The second-order valence-electron chi connectivity index (χ2n) is 7.14. The van der Waals surface area contributed by atoms with Crippen molar-refractivity contribution in [3.05, 3.63) is 29.8 Å². The van der Waals surface area contributed by atoms with Crippen molar-refractivity contribution >= 4 is 5.96 Å². The number of hydrogen-bond donors (Lipinski definition) is 3. The van der Waals surface area contributed by atoms with Gasteiger partial charge in [-0.3, -0.25) is 4.99 Å². The molecule has 0 aromatic heterocycles. The maximum atomic E-state index is 10.5. The van der Waals surface area contributed by atoms with Crippen LogP contribution in [0.3, 0.4) is 0 Å². The highest BCUT2D eigenvalue weighted by Gasteiger charge is 2.09. The Morgan fingerprint density at radius 2 is 1.89 bits per heavy atom. The third-order valence-corrected chi connectivity index (χ3v) is 4.47. The third-order valence-electron chi connectivity index (χ3n) is 4.47. The molecule has 1 aromatic carbocycles. The molecule has 0 aliphatic rings. The van der Waals surface area contributed by atoms with Crippen LogP contribution in [0.2, 0.25) is 0 Å². The van der Waals surface area contributed by atoms with Gasteiger partial charge in [-0.1, -0.05) is 26.0 Å². The minimum Gasteiger partial charge on any atom is -0.491 e. The second-order valence-corrected chi connectivity index (χ2v) is 7.14. The van der Waals surface area contributed by atoms with E-state index in [9.17, 15) is 5.11 Å². The number of aliphatic hydroxyl groups is 1. The minimum absolute atomic E-state index is 0.108. The number of ether oxygens (including phenoxy) is 1. The first kappa shape index (κ1) is 24.2. The van der Waals surface area contributed by atoms with Crippen molar-refractivity contribution in [1.82, 2.24) is 15.5 Å². The van der Waals surface area contributed by atoms with Gasteiger partial charge in [0.1, 0.15) is 5.75 Å². The molecule has 0 bridgehead atoms. The fraction of sp³-hybridized carbons (Fsp3) is 0.682. The van der Waals surface area contributed by atoms with E-state index < -0.39 is 6.10 Å². The van der Waals surface area contributed by atoms with Gasteiger partial charge >= 0.3 is 0 Å². The highest BCUT2D eigenvalue weighted by Crippen LogP contribution is 2.20. The van der Waals surface area contributed by atoms with Gasteiger partial charge in [-0.15, -0.1) is 0 Å². The standard InChI is InChI=1S/C22H40N4O2/c1-6-23-22(24-14-9-10-15-26(7-2)8-3)25-17-21(27)19-12-11-13-20(16-19)28-18(4)5/h11-13,16,18,21,27H,6-10,14-15,17H2,1-5H3,(H2,23,24,25). The van der Waals surface area contributed by atoms with Crippen molar-refractivity contribution in [2.24, 2.45) is 4.99 Å². The molecule has 0 aliphatic heterocycles. The Morgan fingerprint density at radius 1 is 1.14 bits per heavy atom. The fourth-order valence-corrected chi connectivity index (χ4v) is 2.90. The monoisotopic (exact) mass is 392 g/mol. The lowest BCUT2D eigenvalue weighted by atomic mass is 10.1. The van der Waals surface area contributed by atoms with E-state index in [0.29, 0.717) is 6.54 Å². The van der Waals surface area contributed by atoms with Gasteiger partial charge in [0, 0.05) is 13.1 Å². The SMILES string of the molecule is CCNC(=NCC(O)c1cccc(OC(C)C)c1)NCCCCN(CC)CC. The van der Waals surface area contributed by atoms with Crippen LogP contribution < -0.4 is 15.4 Å². The number of unbranched alkanes of at least 4 members (excludes halogenated alkanes) is 1. The summed E-state index contributed by atoms with van der Waals surface area (Å²) in [5.41, 5.74) is 0.817. The van der Waals surface area contributed by atoms with Gasteiger partial charge in [0.2, 0.25) is 0 Å². The van der Waals surface area contributed by atoms with Crippen LogP contribution in [0.4, 0.5) is 0 Å². The Bertz CT molecular complexity index is 559. The summed E-state index contributed by atoms with van der Waals surface area (Å²) in [5.74, 6) is 1.52. The number of aliphatic hydroxyl groups excluding tert-OH is 1. The number of benzene rings is 1. The first-order chi connectivity index (χ1) is 13.5. The second kappa shape index (κ2) is 14.2. The summed E-state index contributed by atoms with van der Waals surface area (Å²) in [5, 5.41) is 17.1. The summed E-state index contributed by atoms with van der Waals surface area (Å²) in [4.78, 5) is 6.98. The first-order valence-electron chi connectivity index (χ1n) is 10.7. The van der Waals surface area contributed by atoms with Gasteiger partial charge in [0.05, 0.1) is 18.8 Å². The van der Waals surface area contributed by atoms with E-state index >= 15 is 0 Å². The Hall–Kier alpha value is -1.79. The summed E-state index contributed by atoms with van der Waals surface area (Å²) < 4.78 is 5.70. The molecular weight excluding hydrogens is 352 g/mol. The smallest absolute Gasteiger partial charge is 0.191 e. The largest absolute Gasteiger partial charge is 0.491 e. The molecule has 28 heavy (non-hydrogen) atoms. The molecule has 0 spiro atoms. The topological polar surface area (TPSA) is 69.1 Å². The van der Waals surface area contributed by atoms with Crippen LogP contribution in [0.5, 0.6) is 5.75 Å². The summed E-state index contributed by atoms with van der Waals surface area (Å²) in [6, 6.07) is 7.59. The van der Waals surface area contributed by atoms with Gasteiger partial charge in [-0.2, -0.15) is 0 Å². The molecular formula is C22H40N4O2. The van der Waals surface area contributed by atoms with E-state index in [-0.39, 0.29) is 6.10 Å². The van der Waals surface area contributed by atoms with Gasteiger partial charge in [-0.25, -0.2) is 0 Å². The van der Waals surface area contributed by atoms with Crippen LogP contribution in [-0.4, -0.2) is 61.3 Å². The zero-order valence-electron chi connectivity index (χ0n) is 18.4. The normalized spacial score (nSPS) is 13.1. The maximum absolute atomic E-state index is 10.5. The summed E-state index contributed by atoms with van der Waals surface area (Å²) in [6.45, 7) is 15.7. The number of aliphatic imine (C=N–C) groups is 1. The molecule has 3 N–H and O–H groups in total. The van der Waals surface area contributed by atoms with Crippen LogP contribution in [-0.2, 0) is 0 Å². The minimum atomic E-state index is -0.658. The molecule has 0 saturated carbocycles. The Labute approximate surface area is 171 Å². The molecule has 0 fully saturated rings. The Morgan fingerprint density at radius 3 is 2.54 bits per heavy atom.